The van der Waals surface area contributed by atoms with Gasteiger partial charge in [-0.25, -0.2) is 0 Å². The van der Waals surface area contributed by atoms with Crippen molar-refractivity contribution in [3.05, 3.63) is 29.8 Å². The van der Waals surface area contributed by atoms with E-state index in [0.717, 1.165) is 12.0 Å². The third-order valence-corrected chi connectivity index (χ3v) is 2.92. The molecule has 1 rings (SSSR count). The number of aliphatic hydroxyl groups is 1. The van der Waals surface area contributed by atoms with E-state index in [-0.39, 0.29) is 5.91 Å². The second kappa shape index (κ2) is 6.40. The largest absolute Gasteiger partial charge is 0.389 e. The Morgan fingerprint density at radius 2 is 2.00 bits per heavy atom. The van der Waals surface area contributed by atoms with Gasteiger partial charge < -0.3 is 10.4 Å². The fraction of sp³-hybridized carbons (Fsp3) is 0.500. The normalized spacial score (nSPS) is 14.1. The molecule has 2 atom stereocenters. The lowest BCUT2D eigenvalue weighted by Gasteiger charge is -2.14. The van der Waals surface area contributed by atoms with Crippen molar-refractivity contribution in [1.29, 1.82) is 0 Å². The molecule has 0 aliphatic rings. The van der Waals surface area contributed by atoms with E-state index < -0.39 is 6.10 Å². The summed E-state index contributed by atoms with van der Waals surface area (Å²) in [5, 5.41) is 12.5. The molecular weight excluding hydrogens is 214 g/mol. The van der Waals surface area contributed by atoms with Crippen molar-refractivity contribution in [3.63, 3.8) is 0 Å². The van der Waals surface area contributed by atoms with Gasteiger partial charge in [-0.15, -0.1) is 0 Å². The Kier molecular flexibility index (Phi) is 5.16. The number of aliphatic hydroxyl groups excluding tert-OH is 1. The quantitative estimate of drug-likeness (QED) is 0.823. The fourth-order valence-corrected chi connectivity index (χ4v) is 1.64. The molecule has 0 heterocycles. The molecule has 17 heavy (non-hydrogen) atoms. The number of amides is 1. The Bertz CT molecular complexity index is 374. The van der Waals surface area contributed by atoms with Gasteiger partial charge in [0, 0.05) is 17.7 Å². The van der Waals surface area contributed by atoms with E-state index in [0.29, 0.717) is 18.0 Å². The Balaban J connectivity index is 2.71. The third kappa shape index (κ3) is 4.19. The van der Waals surface area contributed by atoms with Crippen LogP contribution in [0.2, 0.25) is 0 Å². The Hall–Kier alpha value is -1.35. The van der Waals surface area contributed by atoms with E-state index in [1.165, 1.54) is 0 Å². The van der Waals surface area contributed by atoms with Crippen molar-refractivity contribution in [2.24, 2.45) is 5.92 Å². The average Bonchev–Trinajstić information content (AvgIpc) is 2.29. The maximum Gasteiger partial charge on any atom is 0.224 e. The molecule has 0 bridgehead atoms. The van der Waals surface area contributed by atoms with Crippen molar-refractivity contribution < 1.29 is 9.90 Å². The standard InChI is InChI=1S/C14H21NO2/c1-4-10(2)9-14(17)15-13-8-6-5-7-12(13)11(3)16/h5-8,10-11,16H,4,9H2,1-3H3,(H,15,17). The van der Waals surface area contributed by atoms with Crippen molar-refractivity contribution >= 4 is 11.6 Å². The first kappa shape index (κ1) is 13.7. The van der Waals surface area contributed by atoms with Crippen LogP contribution in [-0.2, 0) is 4.79 Å². The van der Waals surface area contributed by atoms with E-state index in [9.17, 15) is 9.90 Å². The Labute approximate surface area is 103 Å². The minimum absolute atomic E-state index is 0.00690. The van der Waals surface area contributed by atoms with Crippen LogP contribution in [0.25, 0.3) is 0 Å². The van der Waals surface area contributed by atoms with Crippen molar-refractivity contribution in [1.82, 2.24) is 0 Å². The van der Waals surface area contributed by atoms with Crippen LogP contribution in [0.5, 0.6) is 0 Å². The summed E-state index contributed by atoms with van der Waals surface area (Å²) in [6.45, 7) is 5.82. The molecule has 0 aliphatic carbocycles. The molecule has 2 unspecified atom stereocenters. The number of anilines is 1. The molecule has 0 fully saturated rings. The highest BCUT2D eigenvalue weighted by atomic mass is 16.3. The summed E-state index contributed by atoms with van der Waals surface area (Å²) in [6.07, 6.45) is 0.936. The molecule has 0 saturated heterocycles. The first-order valence-electron chi connectivity index (χ1n) is 6.11. The molecule has 0 saturated carbocycles. The van der Waals surface area contributed by atoms with E-state index in [2.05, 4.69) is 19.2 Å². The van der Waals surface area contributed by atoms with Gasteiger partial charge in [0.25, 0.3) is 0 Å². The van der Waals surface area contributed by atoms with Gasteiger partial charge in [-0.05, 0) is 18.9 Å². The van der Waals surface area contributed by atoms with Crippen LogP contribution in [-0.4, -0.2) is 11.0 Å². The van der Waals surface area contributed by atoms with Crippen LogP contribution in [0.1, 0.15) is 45.3 Å². The molecule has 0 radical (unpaired) electrons. The summed E-state index contributed by atoms with van der Waals surface area (Å²) in [4.78, 5) is 11.8. The highest BCUT2D eigenvalue weighted by Gasteiger charge is 2.11. The maximum atomic E-state index is 11.8. The molecule has 1 aromatic rings. The van der Waals surface area contributed by atoms with Crippen LogP contribution in [0.15, 0.2) is 24.3 Å². The van der Waals surface area contributed by atoms with Crippen molar-refractivity contribution in [2.45, 2.75) is 39.7 Å². The van der Waals surface area contributed by atoms with Crippen molar-refractivity contribution in [3.8, 4) is 0 Å². The number of hydrogen-bond donors (Lipinski definition) is 2. The topological polar surface area (TPSA) is 49.3 Å². The number of carbonyl (C=O) groups excluding carboxylic acids is 1. The van der Waals surface area contributed by atoms with Gasteiger partial charge in [-0.3, -0.25) is 4.79 Å². The second-order valence-electron chi connectivity index (χ2n) is 4.53. The summed E-state index contributed by atoms with van der Waals surface area (Å²) < 4.78 is 0. The lowest BCUT2D eigenvalue weighted by Crippen LogP contribution is -2.16. The van der Waals surface area contributed by atoms with E-state index in [1.807, 2.05) is 24.3 Å². The van der Waals surface area contributed by atoms with E-state index >= 15 is 0 Å². The van der Waals surface area contributed by atoms with Gasteiger partial charge in [-0.1, -0.05) is 38.5 Å². The van der Waals surface area contributed by atoms with E-state index in [1.54, 1.807) is 6.92 Å². The van der Waals surface area contributed by atoms with Gasteiger partial charge in [0.05, 0.1) is 6.10 Å². The minimum Gasteiger partial charge on any atom is -0.389 e. The Morgan fingerprint density at radius 1 is 1.35 bits per heavy atom. The monoisotopic (exact) mass is 235 g/mol. The highest BCUT2D eigenvalue weighted by molar-refractivity contribution is 5.91. The molecule has 0 aliphatic heterocycles. The average molecular weight is 235 g/mol. The number of benzene rings is 1. The number of carbonyl (C=O) groups is 1. The lowest BCUT2D eigenvalue weighted by atomic mass is 10.0. The van der Waals surface area contributed by atoms with Gasteiger partial charge >= 0.3 is 0 Å². The van der Waals surface area contributed by atoms with Gasteiger partial charge in [0.15, 0.2) is 0 Å². The second-order valence-corrected chi connectivity index (χ2v) is 4.53. The first-order valence-corrected chi connectivity index (χ1v) is 6.11. The SMILES string of the molecule is CCC(C)CC(=O)Nc1ccccc1C(C)O. The smallest absolute Gasteiger partial charge is 0.224 e. The molecule has 3 nitrogen and oxygen atoms in total. The number of para-hydroxylation sites is 1. The van der Waals surface area contributed by atoms with Gasteiger partial charge in [-0.2, -0.15) is 0 Å². The predicted molar refractivity (Wildman–Crippen MR) is 69.8 cm³/mol. The third-order valence-electron chi connectivity index (χ3n) is 2.92. The summed E-state index contributed by atoms with van der Waals surface area (Å²) in [6, 6.07) is 7.34. The zero-order chi connectivity index (χ0) is 12.8. The summed E-state index contributed by atoms with van der Waals surface area (Å²) in [5.41, 5.74) is 1.46. The first-order chi connectivity index (χ1) is 8.04. The van der Waals surface area contributed by atoms with Crippen LogP contribution >= 0.6 is 0 Å². The molecule has 2 N–H and O–H groups in total. The van der Waals surface area contributed by atoms with Gasteiger partial charge in [0.2, 0.25) is 5.91 Å². The van der Waals surface area contributed by atoms with Crippen LogP contribution in [0.3, 0.4) is 0 Å². The van der Waals surface area contributed by atoms with Crippen molar-refractivity contribution in [2.75, 3.05) is 5.32 Å². The van der Waals surface area contributed by atoms with E-state index in [4.69, 9.17) is 0 Å². The zero-order valence-corrected chi connectivity index (χ0v) is 10.7. The van der Waals surface area contributed by atoms with Crippen LogP contribution < -0.4 is 5.32 Å². The lowest BCUT2D eigenvalue weighted by molar-refractivity contribution is -0.117. The fourth-order valence-electron chi connectivity index (χ4n) is 1.64. The zero-order valence-electron chi connectivity index (χ0n) is 10.7. The Morgan fingerprint density at radius 3 is 2.59 bits per heavy atom. The number of nitrogens with one attached hydrogen (secondary N) is 1. The summed E-state index contributed by atoms with van der Waals surface area (Å²) in [7, 11) is 0. The number of rotatable bonds is 5. The molecule has 0 aromatic heterocycles. The minimum atomic E-state index is -0.574. The summed E-state index contributed by atoms with van der Waals surface area (Å²) >= 11 is 0. The summed E-state index contributed by atoms with van der Waals surface area (Å²) in [5.74, 6) is 0.390. The molecular formula is C14H21NO2. The molecule has 94 valence electrons. The van der Waals surface area contributed by atoms with Crippen LogP contribution in [0, 0.1) is 5.92 Å². The van der Waals surface area contributed by atoms with Crippen LogP contribution in [0.4, 0.5) is 5.69 Å². The molecule has 1 amide bonds. The molecule has 3 heteroatoms. The molecule has 1 aromatic carbocycles. The predicted octanol–water partition coefficient (Wildman–Crippen LogP) is 3.11. The van der Waals surface area contributed by atoms with Gasteiger partial charge in [0.1, 0.15) is 0 Å². The highest BCUT2D eigenvalue weighted by Crippen LogP contribution is 2.22. The number of hydrogen-bond acceptors (Lipinski definition) is 2. The maximum absolute atomic E-state index is 11.8. The molecule has 0 spiro atoms.